The first-order valence-electron chi connectivity index (χ1n) is 14.3. The Morgan fingerprint density at radius 2 is 1.55 bits per heavy atom. The highest BCUT2D eigenvalue weighted by molar-refractivity contribution is 5.94. The van der Waals surface area contributed by atoms with Crippen molar-refractivity contribution in [1.29, 1.82) is 0 Å². The first-order chi connectivity index (χ1) is 20.5. The SMILES string of the molecule is Nc1ccc2c(c1)OC1C/C(=N/C(=O)OCC3c4ccccc4-c4ccccc43)CCC1C2c1ccccc1C(=O)O. The zero-order chi connectivity index (χ0) is 28.8. The summed E-state index contributed by atoms with van der Waals surface area (Å²) in [6.45, 7) is 0.215. The number of amides is 1. The number of carboxylic acids is 1. The van der Waals surface area contributed by atoms with E-state index in [0.29, 0.717) is 30.7 Å². The average molecular weight is 559 g/mol. The molecule has 3 unspecified atom stereocenters. The van der Waals surface area contributed by atoms with E-state index in [1.807, 2.05) is 48.5 Å². The van der Waals surface area contributed by atoms with Gasteiger partial charge in [0.2, 0.25) is 0 Å². The van der Waals surface area contributed by atoms with E-state index in [1.165, 1.54) is 11.1 Å². The zero-order valence-corrected chi connectivity index (χ0v) is 22.9. The van der Waals surface area contributed by atoms with Gasteiger partial charge in [0, 0.05) is 47.2 Å². The Bertz CT molecular complexity index is 1700. The number of carboxylic acid groups (broad SMARTS) is 1. The van der Waals surface area contributed by atoms with Crippen molar-refractivity contribution in [2.45, 2.75) is 37.2 Å². The smallest absolute Gasteiger partial charge is 0.433 e. The Labute approximate surface area is 243 Å². The van der Waals surface area contributed by atoms with Crippen molar-refractivity contribution in [3.05, 3.63) is 119 Å². The number of nitrogens with zero attached hydrogens (tertiary/aromatic N) is 1. The van der Waals surface area contributed by atoms with E-state index >= 15 is 0 Å². The lowest BCUT2D eigenvalue weighted by atomic mass is 9.69. The minimum absolute atomic E-state index is 0.0167. The maximum absolute atomic E-state index is 13.0. The van der Waals surface area contributed by atoms with Crippen molar-refractivity contribution in [3.8, 4) is 16.9 Å². The predicted molar refractivity (Wildman–Crippen MR) is 160 cm³/mol. The van der Waals surface area contributed by atoms with Gasteiger partial charge in [0.25, 0.3) is 0 Å². The molecule has 0 radical (unpaired) electrons. The lowest BCUT2D eigenvalue weighted by Gasteiger charge is -2.43. The maximum Gasteiger partial charge on any atom is 0.433 e. The summed E-state index contributed by atoms with van der Waals surface area (Å²) in [6, 6.07) is 29.2. The van der Waals surface area contributed by atoms with Crippen molar-refractivity contribution in [2.75, 3.05) is 12.3 Å². The third-order valence-electron chi connectivity index (χ3n) is 8.87. The Balaban J connectivity index is 1.12. The standard InChI is InChI=1S/C35H30N2O5/c36-20-13-15-28-31(17-20)42-32-18-21(14-16-29(32)33(28)26-11-5-6-12-27(26)34(38)39)37-35(40)41-19-30-24-9-3-1-7-22(24)23-8-2-4-10-25(23)30/h1-13,15,17,29-30,32-33H,14,16,18-19,36H2,(H,38,39)/b37-21+. The zero-order valence-electron chi connectivity index (χ0n) is 22.9. The highest BCUT2D eigenvalue weighted by atomic mass is 16.5. The Morgan fingerprint density at radius 3 is 2.26 bits per heavy atom. The molecule has 2 aliphatic carbocycles. The van der Waals surface area contributed by atoms with Crippen LogP contribution in [0.15, 0.2) is 96.0 Å². The summed E-state index contributed by atoms with van der Waals surface area (Å²) >= 11 is 0. The van der Waals surface area contributed by atoms with Gasteiger partial charge in [0.1, 0.15) is 18.5 Å². The van der Waals surface area contributed by atoms with Gasteiger partial charge in [-0.3, -0.25) is 0 Å². The molecule has 0 bridgehead atoms. The molecule has 7 heteroatoms. The maximum atomic E-state index is 13.0. The molecule has 1 fully saturated rings. The Hall–Kier alpha value is -4.91. The summed E-state index contributed by atoms with van der Waals surface area (Å²) in [7, 11) is 0. The van der Waals surface area contributed by atoms with Crippen molar-refractivity contribution in [2.24, 2.45) is 10.9 Å². The molecule has 3 atom stereocenters. The normalized spacial score (nSPS) is 21.4. The van der Waals surface area contributed by atoms with Gasteiger partial charge < -0.3 is 20.3 Å². The molecule has 3 N–H and O–H groups in total. The van der Waals surface area contributed by atoms with Crippen LogP contribution in [0.25, 0.3) is 11.1 Å². The molecule has 4 aromatic carbocycles. The van der Waals surface area contributed by atoms with Crippen LogP contribution in [0.2, 0.25) is 0 Å². The molecule has 0 aromatic heterocycles. The van der Waals surface area contributed by atoms with Crippen LogP contribution >= 0.6 is 0 Å². The van der Waals surface area contributed by atoms with Crippen molar-refractivity contribution in [1.82, 2.24) is 0 Å². The number of benzene rings is 4. The number of nitrogens with two attached hydrogens (primary N) is 1. The summed E-state index contributed by atoms with van der Waals surface area (Å²) < 4.78 is 12.2. The van der Waals surface area contributed by atoms with Crippen LogP contribution < -0.4 is 10.5 Å². The van der Waals surface area contributed by atoms with E-state index in [1.54, 1.807) is 18.2 Å². The predicted octanol–water partition coefficient (Wildman–Crippen LogP) is 7.05. The quantitative estimate of drug-likeness (QED) is 0.260. The molecular weight excluding hydrogens is 528 g/mol. The number of hydrogen-bond acceptors (Lipinski definition) is 5. The summed E-state index contributed by atoms with van der Waals surface area (Å²) in [5, 5.41) is 9.94. The van der Waals surface area contributed by atoms with Crippen molar-refractivity contribution in [3.63, 3.8) is 0 Å². The largest absolute Gasteiger partial charge is 0.489 e. The van der Waals surface area contributed by atoms with Crippen LogP contribution in [0.3, 0.4) is 0 Å². The molecule has 1 amide bonds. The van der Waals surface area contributed by atoms with Crippen LogP contribution in [0.5, 0.6) is 5.75 Å². The number of rotatable bonds is 4. The highest BCUT2D eigenvalue weighted by Crippen LogP contribution is 2.50. The van der Waals surface area contributed by atoms with Crippen LogP contribution in [0.1, 0.15) is 63.7 Å². The second kappa shape index (κ2) is 10.5. The van der Waals surface area contributed by atoms with E-state index in [2.05, 4.69) is 29.3 Å². The molecule has 7 nitrogen and oxygen atoms in total. The van der Waals surface area contributed by atoms with Crippen LogP contribution in [0.4, 0.5) is 10.5 Å². The number of anilines is 1. The van der Waals surface area contributed by atoms with Crippen molar-refractivity contribution >= 4 is 23.5 Å². The minimum atomic E-state index is -0.959. The molecule has 4 aromatic rings. The fraction of sp³-hybridized carbons (Fsp3) is 0.229. The molecule has 1 aliphatic heterocycles. The monoisotopic (exact) mass is 558 g/mol. The molecule has 0 saturated heterocycles. The van der Waals surface area contributed by atoms with E-state index < -0.39 is 12.1 Å². The van der Waals surface area contributed by atoms with Gasteiger partial charge in [0.15, 0.2) is 0 Å². The van der Waals surface area contributed by atoms with Crippen LogP contribution in [-0.2, 0) is 4.74 Å². The van der Waals surface area contributed by atoms with E-state index in [9.17, 15) is 14.7 Å². The number of ether oxygens (including phenoxy) is 2. The van der Waals surface area contributed by atoms with E-state index in [0.717, 1.165) is 28.0 Å². The molecule has 1 saturated carbocycles. The van der Waals surface area contributed by atoms with Gasteiger partial charge in [-0.25, -0.2) is 9.59 Å². The molecule has 7 rings (SSSR count). The Morgan fingerprint density at radius 1 is 0.881 bits per heavy atom. The number of hydrogen-bond donors (Lipinski definition) is 2. The lowest BCUT2D eigenvalue weighted by molar-refractivity contribution is 0.0687. The van der Waals surface area contributed by atoms with Gasteiger partial charge in [-0.1, -0.05) is 72.8 Å². The van der Waals surface area contributed by atoms with Gasteiger partial charge in [-0.15, -0.1) is 0 Å². The average Bonchev–Trinajstić information content (AvgIpc) is 3.32. The molecular formula is C35H30N2O5. The molecule has 210 valence electrons. The summed E-state index contributed by atoms with van der Waals surface area (Å²) in [5.41, 5.74) is 14.0. The second-order valence-corrected chi connectivity index (χ2v) is 11.2. The number of fused-ring (bicyclic) bond motifs is 5. The topological polar surface area (TPSA) is 111 Å². The number of carbonyl (C=O) groups excluding carboxylic acids is 1. The van der Waals surface area contributed by atoms with Gasteiger partial charge in [0.05, 0.1) is 5.56 Å². The first-order valence-corrected chi connectivity index (χ1v) is 14.3. The van der Waals surface area contributed by atoms with Gasteiger partial charge in [-0.2, -0.15) is 4.99 Å². The number of aliphatic imine (C=N–C) groups is 1. The number of aromatic carboxylic acids is 1. The van der Waals surface area contributed by atoms with E-state index in [-0.39, 0.29) is 36.0 Å². The molecule has 1 heterocycles. The number of carbonyl (C=O) groups is 2. The number of nitrogen functional groups attached to an aromatic ring is 1. The first kappa shape index (κ1) is 26.0. The molecule has 0 spiro atoms. The van der Waals surface area contributed by atoms with Crippen molar-refractivity contribution < 1.29 is 24.2 Å². The van der Waals surface area contributed by atoms with Gasteiger partial charge in [-0.05, 0) is 52.8 Å². The van der Waals surface area contributed by atoms with Crippen LogP contribution in [-0.4, -0.2) is 35.6 Å². The third kappa shape index (κ3) is 4.51. The highest BCUT2D eigenvalue weighted by Gasteiger charge is 2.43. The van der Waals surface area contributed by atoms with Crippen LogP contribution in [0, 0.1) is 5.92 Å². The summed E-state index contributed by atoms with van der Waals surface area (Å²) in [6.07, 6.45) is 0.876. The second-order valence-electron chi connectivity index (χ2n) is 11.2. The molecule has 3 aliphatic rings. The lowest BCUT2D eigenvalue weighted by Crippen LogP contribution is -2.42. The third-order valence-corrected chi connectivity index (χ3v) is 8.87. The molecule has 42 heavy (non-hydrogen) atoms. The fourth-order valence-electron chi connectivity index (χ4n) is 7.04. The van der Waals surface area contributed by atoms with E-state index in [4.69, 9.17) is 15.2 Å². The fourth-order valence-corrected chi connectivity index (χ4v) is 7.04. The Kier molecular flexibility index (Phi) is 6.50. The minimum Gasteiger partial charge on any atom is -0.489 e. The van der Waals surface area contributed by atoms with Gasteiger partial charge >= 0.3 is 12.1 Å². The summed E-state index contributed by atoms with van der Waals surface area (Å²) in [5.74, 6) is -0.510. The summed E-state index contributed by atoms with van der Waals surface area (Å²) in [4.78, 5) is 29.5.